The number of Topliss-reactive ketones (excluding diaryl/α,β-unsaturated/α-hetero) is 1. The van der Waals surface area contributed by atoms with Gasteiger partial charge in [-0.15, -0.1) is 5.10 Å². The molecule has 2 heterocycles. The Balaban J connectivity index is 1.78. The number of ketones is 1. The summed E-state index contributed by atoms with van der Waals surface area (Å²) < 4.78 is 15.8. The SMILES string of the molecule is CC(=O)c1c(F)cccc1N1CCC(n2ccnn2)CC1. The van der Waals surface area contributed by atoms with E-state index >= 15 is 0 Å². The van der Waals surface area contributed by atoms with Crippen LogP contribution in [0.4, 0.5) is 10.1 Å². The van der Waals surface area contributed by atoms with E-state index < -0.39 is 5.82 Å². The zero-order valence-corrected chi connectivity index (χ0v) is 11.9. The fourth-order valence-electron chi connectivity index (χ4n) is 2.91. The van der Waals surface area contributed by atoms with Crippen LogP contribution in [0.3, 0.4) is 0 Å². The number of rotatable bonds is 3. The van der Waals surface area contributed by atoms with Crippen molar-refractivity contribution in [3.63, 3.8) is 0 Å². The van der Waals surface area contributed by atoms with Crippen molar-refractivity contribution in [1.82, 2.24) is 15.0 Å². The highest BCUT2D eigenvalue weighted by atomic mass is 19.1. The lowest BCUT2D eigenvalue weighted by Gasteiger charge is -2.34. The van der Waals surface area contributed by atoms with E-state index in [4.69, 9.17) is 0 Å². The summed E-state index contributed by atoms with van der Waals surface area (Å²) in [6.07, 6.45) is 5.34. The van der Waals surface area contributed by atoms with E-state index in [1.165, 1.54) is 13.0 Å². The standard InChI is InChI=1S/C15H17FN4O/c1-11(21)15-13(16)3-2-4-14(15)19-8-5-12(6-9-19)20-10-7-17-18-20/h2-4,7,10,12H,5-6,8-9H2,1H3. The molecule has 1 aromatic carbocycles. The van der Waals surface area contributed by atoms with Gasteiger partial charge >= 0.3 is 0 Å². The molecule has 21 heavy (non-hydrogen) atoms. The van der Waals surface area contributed by atoms with Gasteiger partial charge in [-0.2, -0.15) is 0 Å². The molecule has 1 aliphatic heterocycles. The lowest BCUT2D eigenvalue weighted by molar-refractivity contribution is 0.101. The second-order valence-corrected chi connectivity index (χ2v) is 5.29. The molecule has 110 valence electrons. The van der Waals surface area contributed by atoms with Crippen LogP contribution in [0.15, 0.2) is 30.6 Å². The zero-order chi connectivity index (χ0) is 14.8. The maximum Gasteiger partial charge on any atom is 0.164 e. The second kappa shape index (κ2) is 5.63. The molecule has 6 heteroatoms. The molecule has 5 nitrogen and oxygen atoms in total. The molecule has 0 saturated carbocycles. The third kappa shape index (κ3) is 2.66. The van der Waals surface area contributed by atoms with Crippen LogP contribution >= 0.6 is 0 Å². The first-order valence-electron chi connectivity index (χ1n) is 7.07. The summed E-state index contributed by atoms with van der Waals surface area (Å²) in [5.41, 5.74) is 0.885. The Morgan fingerprint density at radius 2 is 2.10 bits per heavy atom. The van der Waals surface area contributed by atoms with Crippen LogP contribution in [0.2, 0.25) is 0 Å². The Labute approximate surface area is 122 Å². The number of carbonyl (C=O) groups excluding carboxylic acids is 1. The topological polar surface area (TPSA) is 51.0 Å². The van der Waals surface area contributed by atoms with Crippen LogP contribution < -0.4 is 4.90 Å². The normalized spacial score (nSPS) is 16.2. The minimum absolute atomic E-state index is 0.191. The Bertz CT molecular complexity index is 633. The number of nitrogens with zero attached hydrogens (tertiary/aromatic N) is 4. The highest BCUT2D eigenvalue weighted by Gasteiger charge is 2.24. The molecule has 1 fully saturated rings. The van der Waals surface area contributed by atoms with E-state index in [0.29, 0.717) is 11.7 Å². The summed E-state index contributed by atoms with van der Waals surface area (Å²) in [6, 6.07) is 5.12. The van der Waals surface area contributed by atoms with Crippen molar-refractivity contribution in [2.24, 2.45) is 0 Å². The van der Waals surface area contributed by atoms with E-state index in [9.17, 15) is 9.18 Å². The molecule has 2 aromatic rings. The Kier molecular flexibility index (Phi) is 3.68. The predicted octanol–water partition coefficient (Wildman–Crippen LogP) is 2.46. The lowest BCUT2D eigenvalue weighted by atomic mass is 10.0. The van der Waals surface area contributed by atoms with E-state index in [1.807, 2.05) is 16.9 Å². The van der Waals surface area contributed by atoms with Crippen molar-refractivity contribution in [3.05, 3.63) is 42.0 Å². The van der Waals surface area contributed by atoms with Gasteiger partial charge in [-0.25, -0.2) is 9.07 Å². The molecule has 0 radical (unpaired) electrons. The van der Waals surface area contributed by atoms with Gasteiger partial charge in [-0.05, 0) is 31.9 Å². The first-order chi connectivity index (χ1) is 10.2. The maximum atomic E-state index is 13.9. The van der Waals surface area contributed by atoms with Crippen LogP contribution in [0, 0.1) is 5.82 Å². The largest absolute Gasteiger partial charge is 0.371 e. The third-order valence-corrected chi connectivity index (χ3v) is 3.96. The minimum atomic E-state index is -0.446. The average molecular weight is 288 g/mol. The summed E-state index contributed by atoms with van der Waals surface area (Å²) in [5, 5.41) is 7.86. The van der Waals surface area contributed by atoms with Gasteiger partial charge < -0.3 is 4.90 Å². The number of aromatic nitrogens is 3. The number of hydrogen-bond donors (Lipinski definition) is 0. The number of benzene rings is 1. The number of carbonyl (C=O) groups is 1. The van der Waals surface area contributed by atoms with Gasteiger partial charge in [0.05, 0.1) is 23.5 Å². The Morgan fingerprint density at radius 3 is 2.71 bits per heavy atom. The second-order valence-electron chi connectivity index (χ2n) is 5.29. The van der Waals surface area contributed by atoms with Gasteiger partial charge in [-0.3, -0.25) is 4.79 Å². The third-order valence-electron chi connectivity index (χ3n) is 3.96. The first-order valence-corrected chi connectivity index (χ1v) is 7.07. The van der Waals surface area contributed by atoms with Crippen LogP contribution in [0.5, 0.6) is 0 Å². The average Bonchev–Trinajstić information content (AvgIpc) is 3.01. The van der Waals surface area contributed by atoms with Gasteiger partial charge in [0.25, 0.3) is 0 Å². The maximum absolute atomic E-state index is 13.9. The molecule has 0 spiro atoms. The molecule has 0 unspecified atom stereocenters. The van der Waals surface area contributed by atoms with E-state index in [-0.39, 0.29) is 11.3 Å². The fourth-order valence-corrected chi connectivity index (χ4v) is 2.91. The number of piperidine rings is 1. The summed E-state index contributed by atoms with van der Waals surface area (Å²) in [4.78, 5) is 13.8. The molecule has 1 aromatic heterocycles. The molecular weight excluding hydrogens is 271 g/mol. The van der Waals surface area contributed by atoms with Crippen molar-refractivity contribution in [1.29, 1.82) is 0 Å². The van der Waals surface area contributed by atoms with Crippen molar-refractivity contribution in [3.8, 4) is 0 Å². The van der Waals surface area contributed by atoms with E-state index in [0.717, 1.165) is 25.9 Å². The number of halogens is 1. The minimum Gasteiger partial charge on any atom is -0.371 e. The van der Waals surface area contributed by atoms with E-state index in [2.05, 4.69) is 15.2 Å². The van der Waals surface area contributed by atoms with Crippen LogP contribution in [-0.4, -0.2) is 33.9 Å². The highest BCUT2D eigenvalue weighted by Crippen LogP contribution is 2.29. The smallest absolute Gasteiger partial charge is 0.164 e. The van der Waals surface area contributed by atoms with E-state index in [1.54, 1.807) is 12.3 Å². The molecule has 1 saturated heterocycles. The van der Waals surface area contributed by atoms with Crippen molar-refractivity contribution in [2.45, 2.75) is 25.8 Å². The van der Waals surface area contributed by atoms with Gasteiger partial charge in [0.1, 0.15) is 5.82 Å². The Morgan fingerprint density at radius 1 is 1.33 bits per heavy atom. The summed E-state index contributed by atoms with van der Waals surface area (Å²) in [7, 11) is 0. The molecule has 0 amide bonds. The monoisotopic (exact) mass is 288 g/mol. The number of anilines is 1. The quantitative estimate of drug-likeness (QED) is 0.814. The van der Waals surface area contributed by atoms with Gasteiger partial charge in [0.15, 0.2) is 5.78 Å². The molecule has 0 atom stereocenters. The molecule has 3 rings (SSSR count). The molecular formula is C15H17FN4O. The van der Waals surface area contributed by atoms with Crippen molar-refractivity contribution < 1.29 is 9.18 Å². The van der Waals surface area contributed by atoms with Crippen molar-refractivity contribution >= 4 is 11.5 Å². The lowest BCUT2D eigenvalue weighted by Crippen LogP contribution is -2.35. The van der Waals surface area contributed by atoms with Crippen LogP contribution in [0.25, 0.3) is 0 Å². The van der Waals surface area contributed by atoms with Crippen LogP contribution in [0.1, 0.15) is 36.2 Å². The Hall–Kier alpha value is -2.24. The van der Waals surface area contributed by atoms with Crippen LogP contribution in [-0.2, 0) is 0 Å². The highest BCUT2D eigenvalue weighted by molar-refractivity contribution is 6.00. The predicted molar refractivity (Wildman–Crippen MR) is 76.9 cm³/mol. The van der Waals surface area contributed by atoms with Gasteiger partial charge in [-0.1, -0.05) is 11.3 Å². The summed E-state index contributed by atoms with van der Waals surface area (Å²) >= 11 is 0. The van der Waals surface area contributed by atoms with Gasteiger partial charge in [0.2, 0.25) is 0 Å². The van der Waals surface area contributed by atoms with Gasteiger partial charge in [0, 0.05) is 19.3 Å². The summed E-state index contributed by atoms with van der Waals surface area (Å²) in [6.45, 7) is 2.95. The zero-order valence-electron chi connectivity index (χ0n) is 11.9. The summed E-state index contributed by atoms with van der Waals surface area (Å²) in [5.74, 6) is -0.681. The first kappa shape index (κ1) is 13.7. The van der Waals surface area contributed by atoms with Crippen molar-refractivity contribution in [2.75, 3.05) is 18.0 Å². The number of hydrogen-bond acceptors (Lipinski definition) is 4. The molecule has 0 N–H and O–H groups in total. The molecule has 1 aliphatic rings. The fraction of sp³-hybridized carbons (Fsp3) is 0.400. The molecule has 0 bridgehead atoms. The molecule has 0 aliphatic carbocycles.